The maximum Gasteiger partial charge on any atom is 0.286 e. The minimum absolute atomic E-state index is 0.171. The molecule has 33 heavy (non-hydrogen) atoms. The number of carbonyl (C=O) groups is 1. The van der Waals surface area contributed by atoms with E-state index in [2.05, 4.69) is 27.4 Å². The van der Waals surface area contributed by atoms with E-state index in [1.165, 1.54) is 5.56 Å². The lowest BCUT2D eigenvalue weighted by molar-refractivity contribution is -0.115. The van der Waals surface area contributed by atoms with Crippen LogP contribution in [0.25, 0.3) is 0 Å². The SMILES string of the molecule is CC1C(C(=O)NN2CCc3ccccc32)=NN(c2ccc(Cl)cc2Cl)[C@@H]1c1ccc(Br)cc1. The van der Waals surface area contributed by atoms with Crippen LogP contribution in [0.4, 0.5) is 11.4 Å². The van der Waals surface area contributed by atoms with Crippen LogP contribution in [0.1, 0.15) is 24.1 Å². The molecular weight excluding hydrogens is 523 g/mol. The summed E-state index contributed by atoms with van der Waals surface area (Å²) in [5.74, 6) is -0.385. The van der Waals surface area contributed by atoms with Gasteiger partial charge >= 0.3 is 0 Å². The van der Waals surface area contributed by atoms with Crippen molar-refractivity contribution in [2.75, 3.05) is 16.6 Å². The van der Waals surface area contributed by atoms with Gasteiger partial charge in [0, 0.05) is 22.0 Å². The van der Waals surface area contributed by atoms with Gasteiger partial charge in [-0.1, -0.05) is 76.4 Å². The Morgan fingerprint density at radius 2 is 1.82 bits per heavy atom. The maximum atomic E-state index is 13.4. The van der Waals surface area contributed by atoms with E-state index in [1.54, 1.807) is 12.1 Å². The van der Waals surface area contributed by atoms with E-state index in [0.29, 0.717) is 21.4 Å². The normalized spacial score (nSPS) is 19.5. The molecule has 2 aliphatic rings. The highest BCUT2D eigenvalue weighted by atomic mass is 79.9. The van der Waals surface area contributed by atoms with Gasteiger partial charge in [-0.05, 0) is 53.9 Å². The van der Waals surface area contributed by atoms with Crippen molar-refractivity contribution in [3.8, 4) is 0 Å². The second-order valence-corrected chi connectivity index (χ2v) is 9.94. The second-order valence-electron chi connectivity index (χ2n) is 8.18. The van der Waals surface area contributed by atoms with Crippen molar-refractivity contribution >= 4 is 62.1 Å². The lowest BCUT2D eigenvalue weighted by Crippen LogP contribution is -2.45. The van der Waals surface area contributed by atoms with Crippen molar-refractivity contribution < 1.29 is 4.79 Å². The molecule has 5 rings (SSSR count). The zero-order valence-electron chi connectivity index (χ0n) is 17.8. The molecule has 0 radical (unpaired) electrons. The van der Waals surface area contributed by atoms with Gasteiger partial charge in [-0.3, -0.25) is 20.2 Å². The molecule has 0 bridgehead atoms. The highest BCUT2D eigenvalue weighted by Crippen LogP contribution is 2.42. The van der Waals surface area contributed by atoms with E-state index in [0.717, 1.165) is 28.7 Å². The second kappa shape index (κ2) is 9.01. The van der Waals surface area contributed by atoms with Crippen LogP contribution in [0.3, 0.4) is 0 Å². The van der Waals surface area contributed by atoms with Crippen LogP contribution in [-0.2, 0) is 11.2 Å². The van der Waals surface area contributed by atoms with Gasteiger partial charge < -0.3 is 0 Å². The lowest BCUT2D eigenvalue weighted by atomic mass is 9.91. The average Bonchev–Trinajstić information content (AvgIpc) is 3.36. The Kier molecular flexibility index (Phi) is 6.08. The number of hydrogen-bond acceptors (Lipinski definition) is 4. The zero-order valence-corrected chi connectivity index (χ0v) is 20.9. The van der Waals surface area contributed by atoms with Gasteiger partial charge in [0.1, 0.15) is 5.71 Å². The van der Waals surface area contributed by atoms with Crippen LogP contribution < -0.4 is 15.4 Å². The molecule has 0 aromatic heterocycles. The predicted octanol–water partition coefficient (Wildman–Crippen LogP) is 6.40. The summed E-state index contributed by atoms with van der Waals surface area (Å²) in [5, 5.41) is 9.54. The number of carbonyl (C=O) groups excluding carboxylic acids is 1. The fraction of sp³-hybridized carbons (Fsp3) is 0.200. The van der Waals surface area contributed by atoms with E-state index in [-0.39, 0.29) is 17.9 Å². The summed E-state index contributed by atoms with van der Waals surface area (Å²) in [6, 6.07) is 21.3. The van der Waals surface area contributed by atoms with Crippen LogP contribution >= 0.6 is 39.1 Å². The van der Waals surface area contributed by atoms with Crippen LogP contribution in [0, 0.1) is 5.92 Å². The van der Waals surface area contributed by atoms with Gasteiger partial charge in [0.15, 0.2) is 0 Å². The molecule has 168 valence electrons. The van der Waals surface area contributed by atoms with Crippen molar-refractivity contribution in [3.63, 3.8) is 0 Å². The molecular formula is C25H21BrCl2N4O. The number of benzene rings is 3. The van der Waals surface area contributed by atoms with Gasteiger partial charge in [0.25, 0.3) is 5.91 Å². The van der Waals surface area contributed by atoms with Crippen LogP contribution in [-0.4, -0.2) is 18.2 Å². The van der Waals surface area contributed by atoms with Gasteiger partial charge in [-0.2, -0.15) is 5.10 Å². The highest BCUT2D eigenvalue weighted by Gasteiger charge is 2.40. The minimum Gasteiger partial charge on any atom is -0.285 e. The van der Waals surface area contributed by atoms with Crippen molar-refractivity contribution in [2.24, 2.45) is 11.0 Å². The Morgan fingerprint density at radius 3 is 2.58 bits per heavy atom. The molecule has 2 atom stereocenters. The number of hydrazone groups is 1. The first-order chi connectivity index (χ1) is 15.9. The number of hydrogen-bond donors (Lipinski definition) is 1. The Labute approximate surface area is 211 Å². The number of hydrazine groups is 1. The highest BCUT2D eigenvalue weighted by molar-refractivity contribution is 9.10. The van der Waals surface area contributed by atoms with E-state index in [9.17, 15) is 4.79 Å². The fourth-order valence-corrected chi connectivity index (χ4v) is 5.24. The number of nitrogens with one attached hydrogen (secondary N) is 1. The summed E-state index contributed by atoms with van der Waals surface area (Å²) < 4.78 is 0.986. The largest absolute Gasteiger partial charge is 0.286 e. The van der Waals surface area contributed by atoms with Crippen molar-refractivity contribution in [2.45, 2.75) is 19.4 Å². The zero-order chi connectivity index (χ0) is 23.1. The number of fused-ring (bicyclic) bond motifs is 1. The molecule has 0 spiro atoms. The summed E-state index contributed by atoms with van der Waals surface area (Å²) in [4.78, 5) is 13.4. The van der Waals surface area contributed by atoms with Crippen LogP contribution in [0.2, 0.25) is 10.0 Å². The van der Waals surface area contributed by atoms with E-state index in [1.807, 2.05) is 65.5 Å². The fourth-order valence-electron chi connectivity index (χ4n) is 4.48. The molecule has 5 nitrogen and oxygen atoms in total. The summed E-state index contributed by atoms with van der Waals surface area (Å²) in [6.45, 7) is 2.75. The molecule has 0 aliphatic carbocycles. The van der Waals surface area contributed by atoms with Crippen molar-refractivity contribution in [3.05, 3.63) is 92.4 Å². The van der Waals surface area contributed by atoms with E-state index >= 15 is 0 Å². The quantitative estimate of drug-likeness (QED) is 0.414. The maximum absolute atomic E-state index is 13.4. The van der Waals surface area contributed by atoms with E-state index in [4.69, 9.17) is 28.3 Å². The van der Waals surface area contributed by atoms with Gasteiger partial charge in [-0.25, -0.2) is 0 Å². The average molecular weight is 544 g/mol. The first kappa shape index (κ1) is 22.3. The molecule has 2 heterocycles. The minimum atomic E-state index is -0.214. The van der Waals surface area contributed by atoms with Gasteiger partial charge in [-0.15, -0.1) is 0 Å². The lowest BCUT2D eigenvalue weighted by Gasteiger charge is -2.27. The number of amides is 1. The molecule has 3 aromatic rings. The molecule has 1 unspecified atom stereocenters. The molecule has 0 saturated carbocycles. The van der Waals surface area contributed by atoms with Crippen LogP contribution in [0.15, 0.2) is 76.3 Å². The number of halogens is 3. The van der Waals surface area contributed by atoms with Crippen molar-refractivity contribution in [1.29, 1.82) is 0 Å². The van der Waals surface area contributed by atoms with Crippen LogP contribution in [0.5, 0.6) is 0 Å². The van der Waals surface area contributed by atoms with E-state index < -0.39 is 0 Å². The molecule has 0 fully saturated rings. The molecule has 2 aliphatic heterocycles. The monoisotopic (exact) mass is 542 g/mol. The number of para-hydroxylation sites is 1. The topological polar surface area (TPSA) is 47.9 Å². The predicted molar refractivity (Wildman–Crippen MR) is 138 cm³/mol. The third kappa shape index (κ3) is 4.23. The standard InChI is InChI=1S/C25H21BrCl2N4O/c1-15-23(25(33)30-31-13-12-16-4-2-3-5-21(16)31)29-32(22-11-10-19(27)14-20(22)28)24(15)17-6-8-18(26)9-7-17/h2-11,14-15,24H,12-13H2,1H3,(H,30,33)/t15?,24-/m0/s1. The number of anilines is 2. The molecule has 0 saturated heterocycles. The smallest absolute Gasteiger partial charge is 0.285 e. The third-order valence-corrected chi connectivity index (χ3v) is 7.17. The van der Waals surface area contributed by atoms with Crippen molar-refractivity contribution in [1.82, 2.24) is 5.43 Å². The summed E-state index contributed by atoms with van der Waals surface area (Å²) in [5.41, 5.74) is 7.51. The number of nitrogens with zero attached hydrogens (tertiary/aromatic N) is 3. The first-order valence-electron chi connectivity index (χ1n) is 10.7. The number of rotatable bonds is 4. The Hall–Kier alpha value is -2.54. The first-order valence-corrected chi connectivity index (χ1v) is 12.2. The summed E-state index contributed by atoms with van der Waals surface area (Å²) in [7, 11) is 0. The Bertz CT molecular complexity index is 1250. The summed E-state index contributed by atoms with van der Waals surface area (Å²) >= 11 is 16.2. The van der Waals surface area contributed by atoms with Gasteiger partial charge in [0.05, 0.1) is 22.4 Å². The molecule has 3 aromatic carbocycles. The third-order valence-electron chi connectivity index (χ3n) is 6.11. The van der Waals surface area contributed by atoms with Gasteiger partial charge in [0.2, 0.25) is 0 Å². The molecule has 1 N–H and O–H groups in total. The molecule has 8 heteroatoms. The Balaban J connectivity index is 1.49. The Morgan fingerprint density at radius 1 is 1.06 bits per heavy atom. The summed E-state index contributed by atoms with van der Waals surface area (Å²) in [6.07, 6.45) is 0.895. The molecule has 1 amide bonds.